The lowest BCUT2D eigenvalue weighted by molar-refractivity contribution is -0.136. The maximum absolute atomic E-state index is 10.3. The van der Waals surface area contributed by atoms with Gasteiger partial charge in [-0.05, 0) is 23.6 Å². The SMILES string of the molecule is CC(C)c1ccc(SCCC(=O)O)cc1. The molecule has 0 aliphatic heterocycles. The Hall–Kier alpha value is -0.960. The van der Waals surface area contributed by atoms with Crippen LogP contribution in [0.25, 0.3) is 0 Å². The normalized spacial score (nSPS) is 10.6. The second-order valence-electron chi connectivity index (χ2n) is 3.72. The van der Waals surface area contributed by atoms with Gasteiger partial charge in [-0.25, -0.2) is 0 Å². The van der Waals surface area contributed by atoms with Gasteiger partial charge in [0.25, 0.3) is 0 Å². The molecule has 1 aromatic carbocycles. The third kappa shape index (κ3) is 4.38. The van der Waals surface area contributed by atoms with Crippen LogP contribution in [0.1, 0.15) is 31.7 Å². The minimum atomic E-state index is -0.735. The van der Waals surface area contributed by atoms with Gasteiger partial charge in [0.2, 0.25) is 0 Å². The van der Waals surface area contributed by atoms with E-state index >= 15 is 0 Å². The minimum absolute atomic E-state index is 0.219. The molecule has 0 bridgehead atoms. The lowest BCUT2D eigenvalue weighted by Crippen LogP contribution is -1.95. The molecule has 0 atom stereocenters. The molecule has 0 radical (unpaired) electrons. The van der Waals surface area contributed by atoms with Crippen molar-refractivity contribution in [1.29, 1.82) is 0 Å². The Morgan fingerprint density at radius 3 is 2.40 bits per heavy atom. The summed E-state index contributed by atoms with van der Waals surface area (Å²) in [6.07, 6.45) is 0.219. The topological polar surface area (TPSA) is 37.3 Å². The van der Waals surface area contributed by atoms with Crippen LogP contribution in [0.5, 0.6) is 0 Å². The molecule has 0 aromatic heterocycles. The Labute approximate surface area is 94.7 Å². The average molecular weight is 224 g/mol. The van der Waals surface area contributed by atoms with Crippen LogP contribution in [0, 0.1) is 0 Å². The highest BCUT2D eigenvalue weighted by Gasteiger charge is 2.01. The van der Waals surface area contributed by atoms with Crippen LogP contribution >= 0.6 is 11.8 Å². The number of thioether (sulfide) groups is 1. The van der Waals surface area contributed by atoms with Crippen LogP contribution in [0.2, 0.25) is 0 Å². The summed E-state index contributed by atoms with van der Waals surface area (Å²) in [7, 11) is 0. The quantitative estimate of drug-likeness (QED) is 0.779. The summed E-state index contributed by atoms with van der Waals surface area (Å²) < 4.78 is 0. The summed E-state index contributed by atoms with van der Waals surface area (Å²) in [5, 5.41) is 8.50. The monoisotopic (exact) mass is 224 g/mol. The molecular weight excluding hydrogens is 208 g/mol. The van der Waals surface area contributed by atoms with Crippen LogP contribution in [0.3, 0.4) is 0 Å². The fourth-order valence-corrected chi connectivity index (χ4v) is 2.05. The Morgan fingerprint density at radius 1 is 1.33 bits per heavy atom. The smallest absolute Gasteiger partial charge is 0.304 e. The van der Waals surface area contributed by atoms with Gasteiger partial charge in [-0.3, -0.25) is 4.79 Å². The van der Waals surface area contributed by atoms with Crippen molar-refractivity contribution >= 4 is 17.7 Å². The van der Waals surface area contributed by atoms with Gasteiger partial charge >= 0.3 is 5.97 Å². The number of carboxylic acid groups (broad SMARTS) is 1. The van der Waals surface area contributed by atoms with Gasteiger partial charge in [0.05, 0.1) is 6.42 Å². The highest BCUT2D eigenvalue weighted by atomic mass is 32.2. The number of hydrogen-bond donors (Lipinski definition) is 1. The standard InChI is InChI=1S/C12H16O2S/c1-9(2)10-3-5-11(6-4-10)15-8-7-12(13)14/h3-6,9H,7-8H2,1-2H3,(H,13,14). The maximum atomic E-state index is 10.3. The molecule has 0 fully saturated rings. The Bertz CT molecular complexity index is 317. The van der Waals surface area contributed by atoms with E-state index in [1.165, 1.54) is 5.56 Å². The number of carboxylic acids is 1. The van der Waals surface area contributed by atoms with Gasteiger partial charge in [-0.2, -0.15) is 0 Å². The van der Waals surface area contributed by atoms with E-state index in [9.17, 15) is 4.79 Å². The maximum Gasteiger partial charge on any atom is 0.304 e. The third-order valence-corrected chi connectivity index (χ3v) is 3.15. The second kappa shape index (κ2) is 5.81. The van der Waals surface area contributed by atoms with Crippen molar-refractivity contribution in [2.75, 3.05) is 5.75 Å². The van der Waals surface area contributed by atoms with E-state index < -0.39 is 5.97 Å². The molecule has 0 unspecified atom stereocenters. The number of benzene rings is 1. The average Bonchev–Trinajstić information content (AvgIpc) is 2.18. The molecule has 2 nitrogen and oxygen atoms in total. The highest BCUT2D eigenvalue weighted by Crippen LogP contribution is 2.22. The number of rotatable bonds is 5. The van der Waals surface area contributed by atoms with Gasteiger partial charge in [0.1, 0.15) is 0 Å². The lowest BCUT2D eigenvalue weighted by atomic mass is 10.0. The van der Waals surface area contributed by atoms with Gasteiger partial charge in [-0.15, -0.1) is 11.8 Å². The lowest BCUT2D eigenvalue weighted by Gasteiger charge is -2.06. The molecule has 0 saturated carbocycles. The van der Waals surface area contributed by atoms with Gasteiger partial charge in [-0.1, -0.05) is 26.0 Å². The van der Waals surface area contributed by atoms with Gasteiger partial charge < -0.3 is 5.11 Å². The Balaban J connectivity index is 2.46. The molecule has 0 amide bonds. The number of hydrogen-bond acceptors (Lipinski definition) is 2. The molecule has 0 heterocycles. The number of carbonyl (C=O) groups is 1. The zero-order valence-corrected chi connectivity index (χ0v) is 9.88. The van der Waals surface area contributed by atoms with E-state index in [2.05, 4.69) is 38.1 Å². The zero-order valence-electron chi connectivity index (χ0n) is 9.06. The van der Waals surface area contributed by atoms with E-state index in [-0.39, 0.29) is 6.42 Å². The van der Waals surface area contributed by atoms with E-state index in [4.69, 9.17) is 5.11 Å². The van der Waals surface area contributed by atoms with E-state index in [0.29, 0.717) is 11.7 Å². The molecule has 15 heavy (non-hydrogen) atoms. The highest BCUT2D eigenvalue weighted by molar-refractivity contribution is 7.99. The molecular formula is C12H16O2S. The van der Waals surface area contributed by atoms with Crippen LogP contribution in [-0.2, 0) is 4.79 Å². The number of aliphatic carboxylic acids is 1. The van der Waals surface area contributed by atoms with Crippen LogP contribution in [0.4, 0.5) is 0 Å². The fraction of sp³-hybridized carbons (Fsp3) is 0.417. The van der Waals surface area contributed by atoms with Crippen LogP contribution < -0.4 is 0 Å². The summed E-state index contributed by atoms with van der Waals surface area (Å²) in [6.45, 7) is 4.32. The van der Waals surface area contributed by atoms with Crippen molar-refractivity contribution in [3.8, 4) is 0 Å². The molecule has 1 aromatic rings. The summed E-state index contributed by atoms with van der Waals surface area (Å²) >= 11 is 1.59. The van der Waals surface area contributed by atoms with Gasteiger partial charge in [0.15, 0.2) is 0 Å². The summed E-state index contributed by atoms with van der Waals surface area (Å²) in [4.78, 5) is 11.5. The molecule has 82 valence electrons. The first-order valence-electron chi connectivity index (χ1n) is 5.04. The van der Waals surface area contributed by atoms with Crippen LogP contribution in [-0.4, -0.2) is 16.8 Å². The summed E-state index contributed by atoms with van der Waals surface area (Å²) in [6, 6.07) is 8.32. The van der Waals surface area contributed by atoms with E-state index in [1.807, 2.05) is 0 Å². The molecule has 0 aliphatic rings. The fourth-order valence-electron chi connectivity index (χ4n) is 1.21. The van der Waals surface area contributed by atoms with Crippen molar-refractivity contribution in [3.05, 3.63) is 29.8 Å². The molecule has 0 spiro atoms. The summed E-state index contributed by atoms with van der Waals surface area (Å²) in [5.74, 6) is 0.445. The second-order valence-corrected chi connectivity index (χ2v) is 4.88. The van der Waals surface area contributed by atoms with Crippen molar-refractivity contribution < 1.29 is 9.90 Å². The molecule has 3 heteroatoms. The predicted octanol–water partition coefficient (Wildman–Crippen LogP) is 3.38. The Kier molecular flexibility index (Phi) is 4.69. The minimum Gasteiger partial charge on any atom is -0.481 e. The van der Waals surface area contributed by atoms with Gasteiger partial charge in [0, 0.05) is 10.6 Å². The van der Waals surface area contributed by atoms with Crippen molar-refractivity contribution in [1.82, 2.24) is 0 Å². The molecule has 1 rings (SSSR count). The van der Waals surface area contributed by atoms with Crippen LogP contribution in [0.15, 0.2) is 29.2 Å². The summed E-state index contributed by atoms with van der Waals surface area (Å²) in [5.41, 5.74) is 1.32. The van der Waals surface area contributed by atoms with Crippen molar-refractivity contribution in [2.45, 2.75) is 31.1 Å². The first kappa shape index (κ1) is 12.1. The van der Waals surface area contributed by atoms with E-state index in [0.717, 1.165) is 4.90 Å². The Morgan fingerprint density at radius 2 is 1.93 bits per heavy atom. The zero-order chi connectivity index (χ0) is 11.3. The largest absolute Gasteiger partial charge is 0.481 e. The van der Waals surface area contributed by atoms with Crippen molar-refractivity contribution in [2.24, 2.45) is 0 Å². The molecule has 0 saturated heterocycles. The molecule has 0 aliphatic carbocycles. The molecule has 1 N–H and O–H groups in total. The third-order valence-electron chi connectivity index (χ3n) is 2.13. The van der Waals surface area contributed by atoms with E-state index in [1.54, 1.807) is 11.8 Å². The first-order valence-corrected chi connectivity index (χ1v) is 6.02. The van der Waals surface area contributed by atoms with Crippen molar-refractivity contribution in [3.63, 3.8) is 0 Å². The predicted molar refractivity (Wildman–Crippen MR) is 63.5 cm³/mol. The first-order chi connectivity index (χ1) is 7.09.